The van der Waals surface area contributed by atoms with Gasteiger partial charge in [-0.3, -0.25) is 4.90 Å². The molecule has 0 amide bonds. The Morgan fingerprint density at radius 2 is 1.95 bits per heavy atom. The SMILES string of the molecule is CC1CN(c2nc3ccc(N)cc3o2)CC(C)N1C. The van der Waals surface area contributed by atoms with E-state index in [0.29, 0.717) is 23.8 Å². The van der Waals surface area contributed by atoms with Crippen LogP contribution in [0.25, 0.3) is 11.1 Å². The van der Waals surface area contributed by atoms with Crippen LogP contribution >= 0.6 is 0 Å². The number of rotatable bonds is 1. The number of benzene rings is 1. The summed E-state index contributed by atoms with van der Waals surface area (Å²) in [5, 5.41) is 0. The highest BCUT2D eigenvalue weighted by molar-refractivity contribution is 5.78. The summed E-state index contributed by atoms with van der Waals surface area (Å²) in [5.41, 5.74) is 8.09. The molecule has 0 radical (unpaired) electrons. The van der Waals surface area contributed by atoms with Crippen molar-refractivity contribution in [1.29, 1.82) is 0 Å². The maximum atomic E-state index is 5.84. The fourth-order valence-corrected chi connectivity index (χ4v) is 2.62. The second kappa shape index (κ2) is 4.42. The summed E-state index contributed by atoms with van der Waals surface area (Å²) in [4.78, 5) is 9.16. The highest BCUT2D eigenvalue weighted by Gasteiger charge is 2.28. The van der Waals surface area contributed by atoms with E-state index >= 15 is 0 Å². The molecule has 2 N–H and O–H groups in total. The summed E-state index contributed by atoms with van der Waals surface area (Å²) in [6, 6.07) is 7.26. The zero-order valence-electron chi connectivity index (χ0n) is 11.6. The Hall–Kier alpha value is -1.75. The molecular weight excluding hydrogens is 240 g/mol. The molecule has 5 heteroatoms. The van der Waals surface area contributed by atoms with E-state index in [2.05, 4.69) is 35.7 Å². The normalized spacial score (nSPS) is 25.1. The standard InChI is InChI=1S/C14H20N4O/c1-9-7-18(8-10(2)17(9)3)14-16-12-5-4-11(15)6-13(12)19-14/h4-6,9-10H,7-8,15H2,1-3H3. The molecule has 1 aromatic heterocycles. The van der Waals surface area contributed by atoms with Crippen LogP contribution in [0.1, 0.15) is 13.8 Å². The van der Waals surface area contributed by atoms with Crippen LogP contribution in [0.15, 0.2) is 22.6 Å². The molecule has 2 unspecified atom stereocenters. The molecule has 1 aliphatic rings. The van der Waals surface area contributed by atoms with Gasteiger partial charge in [-0.05, 0) is 33.0 Å². The quantitative estimate of drug-likeness (QED) is 0.794. The van der Waals surface area contributed by atoms with Gasteiger partial charge < -0.3 is 15.1 Å². The molecule has 2 atom stereocenters. The Balaban J connectivity index is 1.92. The third kappa shape index (κ3) is 2.14. The lowest BCUT2D eigenvalue weighted by molar-refractivity contribution is 0.166. The molecule has 19 heavy (non-hydrogen) atoms. The minimum Gasteiger partial charge on any atom is -0.423 e. The average molecular weight is 260 g/mol. The summed E-state index contributed by atoms with van der Waals surface area (Å²) < 4.78 is 5.84. The number of fused-ring (bicyclic) bond motifs is 1. The fourth-order valence-electron chi connectivity index (χ4n) is 2.62. The van der Waals surface area contributed by atoms with Crippen molar-refractivity contribution in [2.24, 2.45) is 0 Å². The Bertz CT molecular complexity index is 582. The molecular formula is C14H20N4O. The number of nitrogens with two attached hydrogens (primary N) is 1. The van der Waals surface area contributed by atoms with Crippen LogP contribution < -0.4 is 10.6 Å². The Morgan fingerprint density at radius 3 is 2.63 bits per heavy atom. The lowest BCUT2D eigenvalue weighted by atomic mass is 10.1. The first kappa shape index (κ1) is 12.3. The zero-order valence-corrected chi connectivity index (χ0v) is 11.6. The van der Waals surface area contributed by atoms with Crippen LogP contribution in [0, 0.1) is 0 Å². The number of hydrogen-bond donors (Lipinski definition) is 1. The van der Waals surface area contributed by atoms with Crippen molar-refractivity contribution in [3.05, 3.63) is 18.2 Å². The Kier molecular flexibility index (Phi) is 2.86. The molecule has 2 aromatic rings. The van der Waals surface area contributed by atoms with Gasteiger partial charge in [0.2, 0.25) is 0 Å². The molecule has 2 heterocycles. The van der Waals surface area contributed by atoms with Gasteiger partial charge in [0.05, 0.1) is 0 Å². The van der Waals surface area contributed by atoms with E-state index in [1.807, 2.05) is 18.2 Å². The molecule has 0 spiro atoms. The van der Waals surface area contributed by atoms with Crippen molar-refractivity contribution in [1.82, 2.24) is 9.88 Å². The number of anilines is 2. The first-order valence-electron chi connectivity index (χ1n) is 6.67. The molecule has 0 saturated carbocycles. The maximum Gasteiger partial charge on any atom is 0.298 e. The largest absolute Gasteiger partial charge is 0.423 e. The van der Waals surface area contributed by atoms with Crippen molar-refractivity contribution >= 4 is 22.8 Å². The number of likely N-dealkylation sites (N-methyl/N-ethyl adjacent to an activating group) is 1. The van der Waals surface area contributed by atoms with Crippen molar-refractivity contribution in [3.8, 4) is 0 Å². The Labute approximate surface area is 113 Å². The lowest BCUT2D eigenvalue weighted by Gasteiger charge is -2.41. The van der Waals surface area contributed by atoms with Crippen molar-refractivity contribution in [2.45, 2.75) is 25.9 Å². The predicted molar refractivity (Wildman–Crippen MR) is 77.3 cm³/mol. The number of hydrogen-bond acceptors (Lipinski definition) is 5. The predicted octanol–water partition coefficient (Wildman–Crippen LogP) is 1.94. The van der Waals surface area contributed by atoms with E-state index in [0.717, 1.165) is 24.2 Å². The van der Waals surface area contributed by atoms with Gasteiger partial charge in [-0.15, -0.1) is 0 Å². The number of aromatic nitrogens is 1. The van der Waals surface area contributed by atoms with Gasteiger partial charge in [0.25, 0.3) is 6.01 Å². The van der Waals surface area contributed by atoms with E-state index in [1.165, 1.54) is 0 Å². The number of nitrogen functional groups attached to an aromatic ring is 1. The molecule has 3 rings (SSSR count). The van der Waals surface area contributed by atoms with E-state index in [4.69, 9.17) is 10.2 Å². The smallest absolute Gasteiger partial charge is 0.298 e. The summed E-state index contributed by atoms with van der Waals surface area (Å²) in [7, 11) is 2.17. The van der Waals surface area contributed by atoms with Gasteiger partial charge in [-0.2, -0.15) is 4.98 Å². The van der Waals surface area contributed by atoms with Crippen LogP contribution in [0.2, 0.25) is 0 Å². The molecule has 1 aromatic carbocycles. The van der Waals surface area contributed by atoms with Crippen molar-refractivity contribution < 1.29 is 4.42 Å². The maximum absolute atomic E-state index is 5.84. The molecule has 102 valence electrons. The van der Waals surface area contributed by atoms with Crippen LogP contribution in [0.5, 0.6) is 0 Å². The summed E-state index contributed by atoms with van der Waals surface area (Å²) in [6.45, 7) is 6.32. The highest BCUT2D eigenvalue weighted by Crippen LogP contribution is 2.26. The summed E-state index contributed by atoms with van der Waals surface area (Å²) in [6.07, 6.45) is 0. The molecule has 1 fully saturated rings. The molecule has 0 aliphatic carbocycles. The topological polar surface area (TPSA) is 58.5 Å². The Morgan fingerprint density at radius 1 is 1.26 bits per heavy atom. The van der Waals surface area contributed by atoms with Crippen LogP contribution in [-0.2, 0) is 0 Å². The summed E-state index contributed by atoms with van der Waals surface area (Å²) >= 11 is 0. The van der Waals surface area contributed by atoms with E-state index < -0.39 is 0 Å². The fraction of sp³-hybridized carbons (Fsp3) is 0.500. The van der Waals surface area contributed by atoms with Crippen molar-refractivity contribution in [3.63, 3.8) is 0 Å². The first-order valence-corrected chi connectivity index (χ1v) is 6.67. The van der Waals surface area contributed by atoms with E-state index in [9.17, 15) is 0 Å². The molecule has 0 bridgehead atoms. The highest BCUT2D eigenvalue weighted by atomic mass is 16.4. The third-order valence-electron chi connectivity index (χ3n) is 4.03. The molecule has 1 saturated heterocycles. The van der Waals surface area contributed by atoms with Crippen LogP contribution in [0.4, 0.5) is 11.7 Å². The second-order valence-electron chi connectivity index (χ2n) is 5.49. The number of piperazine rings is 1. The number of nitrogens with zero attached hydrogens (tertiary/aromatic N) is 3. The van der Waals surface area contributed by atoms with Gasteiger partial charge in [0.1, 0.15) is 5.52 Å². The van der Waals surface area contributed by atoms with Crippen LogP contribution in [0.3, 0.4) is 0 Å². The number of oxazole rings is 1. The van der Waals surface area contributed by atoms with Crippen LogP contribution in [-0.4, -0.2) is 42.1 Å². The average Bonchev–Trinajstić information content (AvgIpc) is 2.78. The second-order valence-corrected chi connectivity index (χ2v) is 5.49. The van der Waals surface area contributed by atoms with Gasteiger partial charge in [0.15, 0.2) is 5.58 Å². The molecule has 5 nitrogen and oxygen atoms in total. The van der Waals surface area contributed by atoms with E-state index in [-0.39, 0.29) is 0 Å². The van der Waals surface area contributed by atoms with Gasteiger partial charge in [-0.1, -0.05) is 0 Å². The monoisotopic (exact) mass is 260 g/mol. The van der Waals surface area contributed by atoms with Crippen molar-refractivity contribution in [2.75, 3.05) is 30.8 Å². The molecule has 1 aliphatic heterocycles. The summed E-state index contributed by atoms with van der Waals surface area (Å²) in [5.74, 6) is 0. The van der Waals surface area contributed by atoms with Gasteiger partial charge in [0, 0.05) is 36.9 Å². The lowest BCUT2D eigenvalue weighted by Crippen LogP contribution is -2.55. The van der Waals surface area contributed by atoms with Gasteiger partial charge in [-0.25, -0.2) is 0 Å². The first-order chi connectivity index (χ1) is 9.04. The third-order valence-corrected chi connectivity index (χ3v) is 4.03. The minimum absolute atomic E-state index is 0.490. The zero-order chi connectivity index (χ0) is 13.6. The van der Waals surface area contributed by atoms with E-state index in [1.54, 1.807) is 0 Å². The minimum atomic E-state index is 0.490. The van der Waals surface area contributed by atoms with Gasteiger partial charge >= 0.3 is 0 Å².